The minimum absolute atomic E-state index is 0.0547. The summed E-state index contributed by atoms with van der Waals surface area (Å²) in [5.74, 6) is -0.508. The quantitative estimate of drug-likeness (QED) is 0.795. The van der Waals surface area contributed by atoms with Gasteiger partial charge in [-0.3, -0.25) is 10.1 Å². The number of benzene rings is 1. The van der Waals surface area contributed by atoms with Crippen molar-refractivity contribution in [1.82, 2.24) is 5.32 Å². The lowest BCUT2D eigenvalue weighted by Gasteiger charge is -2.06. The second-order valence-electron chi connectivity index (χ2n) is 2.89. The van der Waals surface area contributed by atoms with Crippen LogP contribution in [0.1, 0.15) is 0 Å². The first-order chi connectivity index (χ1) is 7.49. The molecule has 86 valence electrons. The van der Waals surface area contributed by atoms with Crippen LogP contribution < -0.4 is 16.4 Å². The predicted molar refractivity (Wildman–Crippen MR) is 65.4 cm³/mol. The van der Waals surface area contributed by atoms with Crippen molar-refractivity contribution in [3.8, 4) is 0 Å². The molecule has 0 aliphatic heterocycles. The minimum atomic E-state index is -0.874. The molecule has 0 radical (unpaired) electrons. The fourth-order valence-electron chi connectivity index (χ4n) is 0.970. The molecular weight excluding hydrogens is 297 g/mol. The number of nitrogens with two attached hydrogens (primary N) is 1. The number of rotatable bonds is 3. The molecule has 0 saturated carbocycles. The maximum Gasteiger partial charge on any atom is 0.318 e. The van der Waals surface area contributed by atoms with Gasteiger partial charge in [0.1, 0.15) is 0 Å². The van der Waals surface area contributed by atoms with E-state index in [1.807, 2.05) is 5.32 Å². The topological polar surface area (TPSA) is 84.2 Å². The third kappa shape index (κ3) is 4.08. The first-order valence-corrected chi connectivity index (χ1v) is 5.44. The summed E-state index contributed by atoms with van der Waals surface area (Å²) >= 11 is 9.09. The maximum atomic E-state index is 11.1. The molecule has 7 heteroatoms. The Morgan fingerprint density at radius 3 is 2.69 bits per heavy atom. The first-order valence-electron chi connectivity index (χ1n) is 4.27. The van der Waals surface area contributed by atoms with Crippen molar-refractivity contribution in [3.63, 3.8) is 0 Å². The van der Waals surface area contributed by atoms with Crippen LogP contribution in [0.3, 0.4) is 0 Å². The lowest BCUT2D eigenvalue weighted by molar-refractivity contribution is -0.118. The van der Waals surface area contributed by atoms with Gasteiger partial charge >= 0.3 is 6.03 Å². The zero-order valence-corrected chi connectivity index (χ0v) is 10.4. The molecule has 0 saturated heterocycles. The van der Waals surface area contributed by atoms with Gasteiger partial charge in [0.2, 0.25) is 5.91 Å². The number of carbonyl (C=O) groups excluding carboxylic acids is 2. The Morgan fingerprint density at radius 1 is 1.44 bits per heavy atom. The molecule has 0 bridgehead atoms. The summed E-state index contributed by atoms with van der Waals surface area (Å²) < 4.78 is 0.765. The summed E-state index contributed by atoms with van der Waals surface area (Å²) in [4.78, 5) is 21.4. The standard InChI is InChI=1S/C9H9BrClN3O2/c10-6-2-1-5(3-7(6)11)13-4-8(15)14-9(12)16/h1-3,13H,4H2,(H3,12,14,15,16). The summed E-state index contributed by atoms with van der Waals surface area (Å²) in [7, 11) is 0. The maximum absolute atomic E-state index is 11.1. The monoisotopic (exact) mass is 305 g/mol. The van der Waals surface area contributed by atoms with Crippen LogP contribution in [0.5, 0.6) is 0 Å². The molecule has 1 aromatic carbocycles. The minimum Gasteiger partial charge on any atom is -0.376 e. The highest BCUT2D eigenvalue weighted by Crippen LogP contribution is 2.25. The van der Waals surface area contributed by atoms with Crippen molar-refractivity contribution in [2.75, 3.05) is 11.9 Å². The molecule has 1 aromatic rings. The smallest absolute Gasteiger partial charge is 0.318 e. The van der Waals surface area contributed by atoms with Crippen molar-refractivity contribution in [3.05, 3.63) is 27.7 Å². The molecule has 3 amide bonds. The average molecular weight is 307 g/mol. The van der Waals surface area contributed by atoms with E-state index in [-0.39, 0.29) is 6.54 Å². The molecule has 4 N–H and O–H groups in total. The van der Waals surface area contributed by atoms with Crippen LogP contribution in [0.2, 0.25) is 5.02 Å². The van der Waals surface area contributed by atoms with E-state index in [9.17, 15) is 9.59 Å². The van der Waals surface area contributed by atoms with Crippen LogP contribution in [-0.4, -0.2) is 18.5 Å². The van der Waals surface area contributed by atoms with Crippen molar-refractivity contribution >= 4 is 45.2 Å². The molecule has 1 rings (SSSR count). The van der Waals surface area contributed by atoms with Gasteiger partial charge in [-0.1, -0.05) is 11.6 Å². The SMILES string of the molecule is NC(=O)NC(=O)CNc1ccc(Br)c(Cl)c1. The Balaban J connectivity index is 2.51. The number of carbonyl (C=O) groups is 2. The van der Waals surface area contributed by atoms with Gasteiger partial charge < -0.3 is 11.1 Å². The number of urea groups is 1. The van der Waals surface area contributed by atoms with E-state index in [2.05, 4.69) is 21.2 Å². The summed E-state index contributed by atoms with van der Waals surface area (Å²) in [6, 6.07) is 4.27. The molecule has 0 aliphatic rings. The van der Waals surface area contributed by atoms with Crippen molar-refractivity contribution in [2.24, 2.45) is 5.73 Å². The number of imide groups is 1. The summed E-state index contributed by atoms with van der Waals surface area (Å²) in [6.45, 7) is -0.0547. The number of amides is 3. The molecule has 16 heavy (non-hydrogen) atoms. The molecule has 0 atom stereocenters. The Kier molecular flexibility index (Phi) is 4.57. The molecule has 0 aromatic heterocycles. The van der Waals surface area contributed by atoms with Crippen molar-refractivity contribution < 1.29 is 9.59 Å². The Bertz CT molecular complexity index is 425. The number of nitrogens with one attached hydrogen (secondary N) is 2. The molecule has 0 fully saturated rings. The van der Waals surface area contributed by atoms with Crippen LogP contribution in [0.25, 0.3) is 0 Å². The van der Waals surface area contributed by atoms with Gasteiger partial charge in [-0.15, -0.1) is 0 Å². The summed E-state index contributed by atoms with van der Waals surface area (Å²) in [5, 5.41) is 5.25. The number of hydrogen-bond donors (Lipinski definition) is 3. The van der Waals surface area contributed by atoms with Crippen LogP contribution in [0, 0.1) is 0 Å². The van der Waals surface area contributed by atoms with Crippen LogP contribution in [0.4, 0.5) is 10.5 Å². The molecule has 0 aliphatic carbocycles. The van der Waals surface area contributed by atoms with Gasteiger partial charge in [0.15, 0.2) is 0 Å². The number of primary amides is 1. The van der Waals surface area contributed by atoms with Gasteiger partial charge in [-0.05, 0) is 34.1 Å². The van der Waals surface area contributed by atoms with E-state index in [0.29, 0.717) is 10.7 Å². The Labute approximate surface area is 105 Å². The average Bonchev–Trinajstić information content (AvgIpc) is 2.19. The molecule has 0 spiro atoms. The second-order valence-corrected chi connectivity index (χ2v) is 4.16. The fraction of sp³-hybridized carbons (Fsp3) is 0.111. The van der Waals surface area contributed by atoms with Gasteiger partial charge in [-0.2, -0.15) is 0 Å². The zero-order chi connectivity index (χ0) is 12.1. The summed E-state index contributed by atoms with van der Waals surface area (Å²) in [5.41, 5.74) is 5.45. The zero-order valence-electron chi connectivity index (χ0n) is 8.09. The first kappa shape index (κ1) is 12.8. The largest absolute Gasteiger partial charge is 0.376 e. The van der Waals surface area contributed by atoms with Gasteiger partial charge in [0.05, 0.1) is 11.6 Å². The van der Waals surface area contributed by atoms with E-state index in [4.69, 9.17) is 17.3 Å². The Morgan fingerprint density at radius 2 is 2.12 bits per heavy atom. The number of halogens is 2. The van der Waals surface area contributed by atoms with E-state index < -0.39 is 11.9 Å². The third-order valence-electron chi connectivity index (χ3n) is 1.64. The molecular formula is C9H9BrClN3O2. The van der Waals surface area contributed by atoms with E-state index in [1.54, 1.807) is 18.2 Å². The Hall–Kier alpha value is -1.27. The fourth-order valence-corrected chi connectivity index (χ4v) is 1.40. The highest BCUT2D eigenvalue weighted by atomic mass is 79.9. The van der Waals surface area contributed by atoms with Gasteiger partial charge in [0, 0.05) is 10.2 Å². The highest BCUT2D eigenvalue weighted by molar-refractivity contribution is 9.10. The normalized spacial score (nSPS) is 9.62. The summed E-state index contributed by atoms with van der Waals surface area (Å²) in [6.07, 6.45) is 0. The third-order valence-corrected chi connectivity index (χ3v) is 2.87. The number of anilines is 1. The highest BCUT2D eigenvalue weighted by Gasteiger charge is 2.04. The second kappa shape index (κ2) is 5.72. The van der Waals surface area contributed by atoms with Crippen molar-refractivity contribution in [2.45, 2.75) is 0 Å². The molecule has 0 heterocycles. The van der Waals surface area contributed by atoms with E-state index in [1.165, 1.54) is 0 Å². The van der Waals surface area contributed by atoms with Gasteiger partial charge in [-0.25, -0.2) is 4.79 Å². The van der Waals surface area contributed by atoms with Crippen LogP contribution in [0.15, 0.2) is 22.7 Å². The predicted octanol–water partition coefficient (Wildman–Crippen LogP) is 1.71. The lowest BCUT2D eigenvalue weighted by atomic mass is 10.3. The van der Waals surface area contributed by atoms with Crippen LogP contribution >= 0.6 is 27.5 Å². The molecule has 0 unspecified atom stereocenters. The molecule has 5 nitrogen and oxygen atoms in total. The lowest BCUT2D eigenvalue weighted by Crippen LogP contribution is -2.38. The number of hydrogen-bond acceptors (Lipinski definition) is 3. The van der Waals surface area contributed by atoms with Gasteiger partial charge in [0.25, 0.3) is 0 Å². The van der Waals surface area contributed by atoms with Crippen molar-refractivity contribution in [1.29, 1.82) is 0 Å². The van der Waals surface area contributed by atoms with Crippen LogP contribution in [-0.2, 0) is 4.79 Å². The van der Waals surface area contributed by atoms with E-state index >= 15 is 0 Å². The van der Waals surface area contributed by atoms with E-state index in [0.717, 1.165) is 4.47 Å².